The fourth-order valence-electron chi connectivity index (χ4n) is 3.06. The molecule has 0 bridgehead atoms. The molecule has 25 heavy (non-hydrogen) atoms. The topological polar surface area (TPSA) is 51.7 Å². The maximum absolute atomic E-state index is 12.8. The van der Waals surface area contributed by atoms with Crippen molar-refractivity contribution < 1.29 is 14.3 Å². The zero-order valence-corrected chi connectivity index (χ0v) is 14.6. The average Bonchev–Trinajstić information content (AvgIpc) is 2.67. The Morgan fingerprint density at radius 2 is 2.12 bits per heavy atom. The molecule has 132 valence electrons. The van der Waals surface area contributed by atoms with Crippen LogP contribution in [0.4, 0.5) is 0 Å². The van der Waals surface area contributed by atoms with Crippen LogP contribution in [0.25, 0.3) is 0 Å². The molecule has 1 unspecified atom stereocenters. The van der Waals surface area contributed by atoms with Crippen LogP contribution in [0.5, 0.6) is 11.6 Å². The van der Waals surface area contributed by atoms with Gasteiger partial charge in [0, 0.05) is 37.5 Å². The molecule has 2 heterocycles. The quantitative estimate of drug-likeness (QED) is 0.803. The Bertz CT molecular complexity index is 690. The van der Waals surface area contributed by atoms with E-state index >= 15 is 0 Å². The minimum Gasteiger partial charge on any atom is -0.439 e. The van der Waals surface area contributed by atoms with Crippen molar-refractivity contribution in [2.45, 2.75) is 19.8 Å². The number of nitrogens with zero attached hydrogens (tertiary/aromatic N) is 2. The number of carbonyl (C=O) groups is 1. The van der Waals surface area contributed by atoms with Crippen LogP contribution >= 0.6 is 0 Å². The lowest BCUT2D eigenvalue weighted by Crippen LogP contribution is -2.41. The minimum absolute atomic E-state index is 0.0292. The second-order valence-electron chi connectivity index (χ2n) is 6.22. The number of piperidine rings is 1. The number of aromatic nitrogens is 1. The number of hydrogen-bond acceptors (Lipinski definition) is 4. The molecule has 5 heteroatoms. The van der Waals surface area contributed by atoms with Crippen molar-refractivity contribution in [1.82, 2.24) is 9.88 Å². The standard InChI is InChI=1S/C20H24N2O3/c1-2-24-15-16-7-6-12-22(14-16)20(23)17-10-11-21-19(13-17)25-18-8-4-3-5-9-18/h3-5,8-11,13,16H,2,6-7,12,14-15H2,1H3. The van der Waals surface area contributed by atoms with Gasteiger partial charge in [-0.3, -0.25) is 4.79 Å². The molecule has 0 N–H and O–H groups in total. The Labute approximate surface area is 148 Å². The molecule has 5 nitrogen and oxygen atoms in total. The van der Waals surface area contributed by atoms with Gasteiger partial charge in [-0.2, -0.15) is 0 Å². The molecule has 1 aromatic heterocycles. The predicted octanol–water partition coefficient (Wildman–Crippen LogP) is 3.76. The lowest BCUT2D eigenvalue weighted by molar-refractivity contribution is 0.0500. The third-order valence-corrected chi connectivity index (χ3v) is 4.31. The van der Waals surface area contributed by atoms with E-state index in [2.05, 4.69) is 4.98 Å². The van der Waals surface area contributed by atoms with Gasteiger partial charge in [0.1, 0.15) is 5.75 Å². The molecule has 1 fully saturated rings. The smallest absolute Gasteiger partial charge is 0.254 e. The number of pyridine rings is 1. The summed E-state index contributed by atoms with van der Waals surface area (Å²) in [5, 5.41) is 0. The van der Waals surface area contributed by atoms with Crippen LogP contribution in [0.15, 0.2) is 48.7 Å². The van der Waals surface area contributed by atoms with Crippen molar-refractivity contribution in [1.29, 1.82) is 0 Å². The van der Waals surface area contributed by atoms with Crippen molar-refractivity contribution in [3.8, 4) is 11.6 Å². The zero-order valence-electron chi connectivity index (χ0n) is 14.6. The SMILES string of the molecule is CCOCC1CCCN(C(=O)c2ccnc(Oc3ccccc3)c2)C1. The van der Waals surface area contributed by atoms with E-state index in [1.165, 1.54) is 0 Å². The van der Waals surface area contributed by atoms with E-state index in [-0.39, 0.29) is 5.91 Å². The summed E-state index contributed by atoms with van der Waals surface area (Å²) in [4.78, 5) is 18.9. The second-order valence-corrected chi connectivity index (χ2v) is 6.22. The summed E-state index contributed by atoms with van der Waals surface area (Å²) in [6.45, 7) is 4.97. The Balaban J connectivity index is 1.66. The highest BCUT2D eigenvalue weighted by Gasteiger charge is 2.24. The van der Waals surface area contributed by atoms with Gasteiger partial charge in [-0.25, -0.2) is 4.98 Å². The van der Waals surface area contributed by atoms with Crippen molar-refractivity contribution in [3.05, 3.63) is 54.2 Å². The fraction of sp³-hybridized carbons (Fsp3) is 0.400. The first-order valence-corrected chi connectivity index (χ1v) is 8.82. The number of rotatable bonds is 6. The van der Waals surface area contributed by atoms with Crippen molar-refractivity contribution in [2.24, 2.45) is 5.92 Å². The van der Waals surface area contributed by atoms with Gasteiger partial charge in [0.05, 0.1) is 6.61 Å². The largest absolute Gasteiger partial charge is 0.439 e. The minimum atomic E-state index is 0.0292. The summed E-state index contributed by atoms with van der Waals surface area (Å²) < 4.78 is 11.3. The van der Waals surface area contributed by atoms with E-state index in [1.807, 2.05) is 42.2 Å². The van der Waals surface area contributed by atoms with Crippen molar-refractivity contribution in [2.75, 3.05) is 26.3 Å². The Hall–Kier alpha value is -2.40. The molecule has 0 spiro atoms. The lowest BCUT2D eigenvalue weighted by atomic mass is 9.98. The summed E-state index contributed by atoms with van der Waals surface area (Å²) in [5.41, 5.74) is 0.609. The lowest BCUT2D eigenvalue weighted by Gasteiger charge is -2.32. The van der Waals surface area contributed by atoms with Gasteiger partial charge in [0.2, 0.25) is 5.88 Å². The molecule has 1 aliphatic heterocycles. The molecule has 2 aromatic rings. The van der Waals surface area contributed by atoms with Gasteiger partial charge in [-0.1, -0.05) is 18.2 Å². The Morgan fingerprint density at radius 1 is 1.28 bits per heavy atom. The number of likely N-dealkylation sites (tertiary alicyclic amines) is 1. The number of hydrogen-bond donors (Lipinski definition) is 0. The number of ether oxygens (including phenoxy) is 2. The van der Waals surface area contributed by atoms with Gasteiger partial charge >= 0.3 is 0 Å². The average molecular weight is 340 g/mol. The van der Waals surface area contributed by atoms with Crippen LogP contribution in [-0.2, 0) is 4.74 Å². The summed E-state index contributed by atoms with van der Waals surface area (Å²) in [7, 11) is 0. The predicted molar refractivity (Wildman–Crippen MR) is 95.9 cm³/mol. The molecular weight excluding hydrogens is 316 g/mol. The molecule has 0 aliphatic carbocycles. The van der Waals surface area contributed by atoms with E-state index in [0.717, 1.165) is 39.1 Å². The van der Waals surface area contributed by atoms with Crippen LogP contribution in [0.2, 0.25) is 0 Å². The number of carbonyl (C=O) groups excluding carboxylic acids is 1. The van der Waals surface area contributed by atoms with E-state index in [0.29, 0.717) is 23.1 Å². The van der Waals surface area contributed by atoms with E-state index in [4.69, 9.17) is 9.47 Å². The van der Waals surface area contributed by atoms with Gasteiger partial charge in [-0.15, -0.1) is 0 Å². The van der Waals surface area contributed by atoms with Crippen molar-refractivity contribution >= 4 is 5.91 Å². The maximum Gasteiger partial charge on any atom is 0.254 e. The fourth-order valence-corrected chi connectivity index (χ4v) is 3.06. The third kappa shape index (κ3) is 4.79. The molecule has 1 atom stereocenters. The summed E-state index contributed by atoms with van der Waals surface area (Å²) in [6, 6.07) is 12.9. The Morgan fingerprint density at radius 3 is 2.92 bits per heavy atom. The highest BCUT2D eigenvalue weighted by Crippen LogP contribution is 2.22. The molecular formula is C20H24N2O3. The van der Waals surface area contributed by atoms with E-state index in [9.17, 15) is 4.79 Å². The number of amides is 1. The molecule has 3 rings (SSSR count). The second kappa shape index (κ2) is 8.62. The van der Waals surface area contributed by atoms with Gasteiger partial charge < -0.3 is 14.4 Å². The molecule has 1 amide bonds. The van der Waals surface area contributed by atoms with Crippen LogP contribution in [0.3, 0.4) is 0 Å². The van der Waals surface area contributed by atoms with E-state index in [1.54, 1.807) is 18.3 Å². The van der Waals surface area contributed by atoms with Crippen LogP contribution in [0.1, 0.15) is 30.1 Å². The summed E-state index contributed by atoms with van der Waals surface area (Å²) >= 11 is 0. The first-order chi connectivity index (χ1) is 12.3. The number of benzene rings is 1. The van der Waals surface area contributed by atoms with Crippen LogP contribution in [-0.4, -0.2) is 42.1 Å². The van der Waals surface area contributed by atoms with Crippen LogP contribution < -0.4 is 4.74 Å². The molecule has 1 aliphatic rings. The highest BCUT2D eigenvalue weighted by molar-refractivity contribution is 5.94. The molecule has 1 saturated heterocycles. The molecule has 0 radical (unpaired) electrons. The van der Waals surface area contributed by atoms with Gasteiger partial charge in [0.25, 0.3) is 5.91 Å². The summed E-state index contributed by atoms with van der Waals surface area (Å²) in [6.07, 6.45) is 3.75. The first-order valence-electron chi connectivity index (χ1n) is 8.82. The summed E-state index contributed by atoms with van der Waals surface area (Å²) in [5.74, 6) is 1.58. The number of para-hydroxylation sites is 1. The molecule has 0 saturated carbocycles. The Kier molecular flexibility index (Phi) is 6.01. The zero-order chi connectivity index (χ0) is 17.5. The highest BCUT2D eigenvalue weighted by atomic mass is 16.5. The maximum atomic E-state index is 12.8. The van der Waals surface area contributed by atoms with Gasteiger partial charge in [-0.05, 0) is 43.9 Å². The van der Waals surface area contributed by atoms with Crippen LogP contribution in [0, 0.1) is 5.92 Å². The molecule has 1 aromatic carbocycles. The van der Waals surface area contributed by atoms with E-state index < -0.39 is 0 Å². The normalized spacial score (nSPS) is 17.3. The van der Waals surface area contributed by atoms with Crippen molar-refractivity contribution in [3.63, 3.8) is 0 Å². The van der Waals surface area contributed by atoms with Gasteiger partial charge in [0.15, 0.2) is 0 Å². The third-order valence-electron chi connectivity index (χ3n) is 4.31. The first kappa shape index (κ1) is 17.4. The monoisotopic (exact) mass is 340 g/mol.